The summed E-state index contributed by atoms with van der Waals surface area (Å²) in [5.41, 5.74) is 11.4. The van der Waals surface area contributed by atoms with Gasteiger partial charge in [-0.3, -0.25) is 29.4 Å². The molecule has 2 aromatic carbocycles. The lowest BCUT2D eigenvalue weighted by Gasteiger charge is -2.19. The molecule has 0 spiro atoms. The van der Waals surface area contributed by atoms with Crippen molar-refractivity contribution in [3.63, 3.8) is 0 Å². The van der Waals surface area contributed by atoms with Crippen molar-refractivity contribution >= 4 is 17.4 Å². The number of carbonyl (C=O) groups is 2. The lowest BCUT2D eigenvalue weighted by molar-refractivity contribution is 0.0986. The molecule has 52 heavy (non-hydrogen) atoms. The minimum Gasteiger partial charge on any atom is -0.392 e. The Kier molecular flexibility index (Phi) is 9.78. The van der Waals surface area contributed by atoms with Crippen molar-refractivity contribution in [2.75, 3.05) is 31.5 Å². The number of rotatable bonds is 12. The van der Waals surface area contributed by atoms with E-state index in [0.29, 0.717) is 36.3 Å². The molecule has 4 fully saturated rings. The number of hydrogen-bond donors (Lipinski definition) is 3. The van der Waals surface area contributed by atoms with Crippen LogP contribution in [0.2, 0.25) is 0 Å². The van der Waals surface area contributed by atoms with E-state index in [9.17, 15) is 19.8 Å². The summed E-state index contributed by atoms with van der Waals surface area (Å²) in [5, 5.41) is 23.1. The largest absolute Gasteiger partial charge is 0.392 e. The third kappa shape index (κ3) is 7.60. The predicted octanol–water partition coefficient (Wildman–Crippen LogP) is 6.33. The Hall–Kier alpha value is -4.28. The standard InChI is InChI=1S/C43H49N5O4/c1-26-30(17-42(51)40-18-37(28-9-10-28)31(20-44-40)22-47-15-13-33(49)24-47)5-3-6-35(26)36-7-4-8-39(27(36)2)46-43(52)41-19-38(29-11-12-29)32(21-45-41)23-48-16-14-34(50)25-48/h3-8,18-21,28-29,33-34,49-50H,9-17,22-25H2,1-2H3,(H,46,52)/t33-,34-/m0/s1. The van der Waals surface area contributed by atoms with Crippen LogP contribution in [0.15, 0.2) is 60.9 Å². The van der Waals surface area contributed by atoms with Gasteiger partial charge in [0.15, 0.2) is 5.78 Å². The van der Waals surface area contributed by atoms with E-state index in [1.165, 1.54) is 16.7 Å². The van der Waals surface area contributed by atoms with Crippen LogP contribution in [0.25, 0.3) is 11.1 Å². The molecule has 2 aliphatic heterocycles. The molecule has 0 radical (unpaired) electrons. The number of pyridine rings is 2. The van der Waals surface area contributed by atoms with Gasteiger partial charge in [-0.2, -0.15) is 0 Å². The highest BCUT2D eigenvalue weighted by Gasteiger charge is 2.31. The molecular formula is C43H49N5O4. The van der Waals surface area contributed by atoms with E-state index in [0.717, 1.165) is 104 Å². The highest BCUT2D eigenvalue weighted by Crippen LogP contribution is 2.43. The number of ketones is 1. The minimum absolute atomic E-state index is 0.00476. The van der Waals surface area contributed by atoms with Crippen molar-refractivity contribution in [3.8, 4) is 11.1 Å². The fraction of sp³-hybridized carbons (Fsp3) is 0.442. The molecule has 9 heteroatoms. The van der Waals surface area contributed by atoms with Crippen molar-refractivity contribution in [2.45, 2.75) is 95.9 Å². The van der Waals surface area contributed by atoms with E-state index in [2.05, 4.69) is 44.1 Å². The van der Waals surface area contributed by atoms with E-state index in [1.54, 1.807) is 0 Å². The van der Waals surface area contributed by atoms with Crippen molar-refractivity contribution in [2.24, 2.45) is 0 Å². The molecule has 4 aliphatic rings. The Morgan fingerprint density at radius 2 is 1.25 bits per heavy atom. The first-order valence-electron chi connectivity index (χ1n) is 19.0. The number of benzene rings is 2. The number of aromatic nitrogens is 2. The molecule has 4 heterocycles. The number of likely N-dealkylation sites (tertiary alicyclic amines) is 2. The smallest absolute Gasteiger partial charge is 0.274 e. The van der Waals surface area contributed by atoms with Crippen LogP contribution in [-0.2, 0) is 19.5 Å². The first-order chi connectivity index (χ1) is 25.2. The highest BCUT2D eigenvalue weighted by atomic mass is 16.3. The number of aliphatic hydroxyl groups excluding tert-OH is 2. The minimum atomic E-state index is -0.265. The normalized spacial score (nSPS) is 20.8. The average molecular weight is 700 g/mol. The van der Waals surface area contributed by atoms with Gasteiger partial charge in [-0.1, -0.05) is 30.3 Å². The van der Waals surface area contributed by atoms with Crippen LogP contribution in [0.1, 0.15) is 110 Å². The Morgan fingerprint density at radius 1 is 0.712 bits per heavy atom. The molecular weight excluding hydrogens is 651 g/mol. The van der Waals surface area contributed by atoms with Gasteiger partial charge in [0, 0.05) is 63.8 Å². The van der Waals surface area contributed by atoms with Crippen LogP contribution < -0.4 is 5.32 Å². The molecule has 2 atom stereocenters. The van der Waals surface area contributed by atoms with Gasteiger partial charge in [-0.05, 0) is 132 Å². The van der Waals surface area contributed by atoms with Crippen molar-refractivity contribution < 1.29 is 19.8 Å². The molecule has 2 saturated carbocycles. The average Bonchev–Trinajstić information content (AvgIpc) is 4.07. The van der Waals surface area contributed by atoms with Gasteiger partial charge >= 0.3 is 0 Å². The zero-order valence-electron chi connectivity index (χ0n) is 30.3. The van der Waals surface area contributed by atoms with Gasteiger partial charge < -0.3 is 15.5 Å². The maximum Gasteiger partial charge on any atom is 0.274 e. The Balaban J connectivity index is 0.979. The molecule has 4 aromatic rings. The van der Waals surface area contributed by atoms with E-state index >= 15 is 0 Å². The SMILES string of the molecule is Cc1c(CC(=O)c2cc(C3CC3)c(CN3CC[C@H](O)C3)cn2)cccc1-c1cccc(NC(=O)c2cc(C3CC3)c(CN3CC[C@H](O)C3)cn2)c1C. The van der Waals surface area contributed by atoms with E-state index in [4.69, 9.17) is 0 Å². The predicted molar refractivity (Wildman–Crippen MR) is 202 cm³/mol. The fourth-order valence-corrected chi connectivity index (χ4v) is 8.16. The number of Topliss-reactive ketones (excluding diaryl/α,β-unsaturated/α-hetero) is 1. The molecule has 1 amide bonds. The third-order valence-corrected chi connectivity index (χ3v) is 11.5. The molecule has 2 aliphatic carbocycles. The second-order valence-electron chi connectivity index (χ2n) is 15.6. The van der Waals surface area contributed by atoms with Gasteiger partial charge in [0.25, 0.3) is 5.91 Å². The summed E-state index contributed by atoms with van der Waals surface area (Å²) in [6, 6.07) is 16.0. The van der Waals surface area contributed by atoms with Crippen LogP contribution in [0, 0.1) is 13.8 Å². The van der Waals surface area contributed by atoms with Gasteiger partial charge in [0.05, 0.1) is 12.2 Å². The first kappa shape index (κ1) is 34.8. The maximum atomic E-state index is 13.7. The van der Waals surface area contributed by atoms with Gasteiger partial charge in [-0.25, -0.2) is 0 Å². The zero-order chi connectivity index (χ0) is 35.9. The second-order valence-corrected chi connectivity index (χ2v) is 15.6. The van der Waals surface area contributed by atoms with Crippen LogP contribution in [0.4, 0.5) is 5.69 Å². The van der Waals surface area contributed by atoms with Gasteiger partial charge in [0.2, 0.25) is 0 Å². The number of aliphatic hydroxyl groups is 2. The molecule has 0 bridgehead atoms. The lowest BCUT2D eigenvalue weighted by atomic mass is 9.90. The highest BCUT2D eigenvalue weighted by molar-refractivity contribution is 6.04. The summed E-state index contributed by atoms with van der Waals surface area (Å²) >= 11 is 0. The number of carbonyl (C=O) groups excluding carboxylic acids is 2. The molecule has 270 valence electrons. The van der Waals surface area contributed by atoms with Crippen molar-refractivity contribution in [3.05, 3.63) is 111 Å². The van der Waals surface area contributed by atoms with Crippen molar-refractivity contribution in [1.29, 1.82) is 0 Å². The summed E-state index contributed by atoms with van der Waals surface area (Å²) in [7, 11) is 0. The summed E-state index contributed by atoms with van der Waals surface area (Å²) in [4.78, 5) is 41.1. The number of anilines is 1. The van der Waals surface area contributed by atoms with Crippen LogP contribution in [0.3, 0.4) is 0 Å². The number of nitrogens with one attached hydrogen (secondary N) is 1. The van der Waals surface area contributed by atoms with Crippen LogP contribution >= 0.6 is 0 Å². The quantitative estimate of drug-likeness (QED) is 0.147. The molecule has 2 saturated heterocycles. The molecule has 3 N–H and O–H groups in total. The Bertz CT molecular complexity index is 1860. The fourth-order valence-electron chi connectivity index (χ4n) is 8.16. The zero-order valence-corrected chi connectivity index (χ0v) is 30.3. The Morgan fingerprint density at radius 3 is 1.81 bits per heavy atom. The molecule has 2 aromatic heterocycles. The molecule has 9 nitrogen and oxygen atoms in total. The second kappa shape index (κ2) is 14.6. The molecule has 8 rings (SSSR count). The topological polar surface area (TPSA) is 119 Å². The van der Waals surface area contributed by atoms with E-state index in [-0.39, 0.29) is 30.3 Å². The number of nitrogens with zero attached hydrogens (tertiary/aromatic N) is 4. The summed E-state index contributed by atoms with van der Waals surface area (Å²) < 4.78 is 0. The number of amides is 1. The lowest BCUT2D eigenvalue weighted by Crippen LogP contribution is -2.23. The molecule has 0 unspecified atom stereocenters. The Labute approximate surface area is 306 Å². The van der Waals surface area contributed by atoms with E-state index in [1.807, 2.05) is 55.7 Å². The maximum absolute atomic E-state index is 13.7. The summed E-state index contributed by atoms with van der Waals surface area (Å²) in [6.07, 6.45) is 9.61. The van der Waals surface area contributed by atoms with Crippen molar-refractivity contribution in [1.82, 2.24) is 19.8 Å². The summed E-state index contributed by atoms with van der Waals surface area (Å²) in [5.74, 6) is 0.729. The number of hydrogen-bond acceptors (Lipinski definition) is 8. The van der Waals surface area contributed by atoms with E-state index < -0.39 is 0 Å². The monoisotopic (exact) mass is 699 g/mol. The van der Waals surface area contributed by atoms with Gasteiger partial charge in [-0.15, -0.1) is 0 Å². The third-order valence-electron chi connectivity index (χ3n) is 11.5. The first-order valence-corrected chi connectivity index (χ1v) is 19.0. The van der Waals surface area contributed by atoms with Gasteiger partial charge in [0.1, 0.15) is 11.4 Å². The summed E-state index contributed by atoms with van der Waals surface area (Å²) in [6.45, 7) is 8.72. The van der Waals surface area contributed by atoms with Crippen LogP contribution in [0.5, 0.6) is 0 Å². The number of β-amino-alcohol motifs (C(OH)–C–C–N with tert-alkyl or cyclic N) is 2. The van der Waals surface area contributed by atoms with Crippen LogP contribution in [-0.4, -0.2) is 80.1 Å².